The largest absolute Gasteiger partial charge is 0.482 e. The predicted octanol–water partition coefficient (Wildman–Crippen LogP) is 3.15. The number of esters is 2. The normalized spacial score (nSPS) is 11.3. The number of ether oxygens (including phenoxy) is 3. The predicted molar refractivity (Wildman–Crippen MR) is 108 cm³/mol. The van der Waals surface area contributed by atoms with E-state index >= 15 is 0 Å². The van der Waals surface area contributed by atoms with Crippen LogP contribution < -0.4 is 4.74 Å². The Hall–Kier alpha value is -3.48. The number of hydrogen-bond donors (Lipinski definition) is 0. The molecule has 0 saturated heterocycles. The van der Waals surface area contributed by atoms with Crippen molar-refractivity contribution in [2.75, 3.05) is 13.2 Å². The molecule has 0 aliphatic carbocycles. The molecule has 7 nitrogen and oxygen atoms in total. The van der Waals surface area contributed by atoms with E-state index in [9.17, 15) is 19.2 Å². The van der Waals surface area contributed by atoms with Crippen molar-refractivity contribution in [3.8, 4) is 5.75 Å². The van der Waals surface area contributed by atoms with E-state index in [1.54, 1.807) is 19.1 Å². The lowest BCUT2D eigenvalue weighted by molar-refractivity contribution is -0.149. The molecular weight excluding hydrogens is 388 g/mol. The molecule has 2 aromatic rings. The third-order valence-electron chi connectivity index (χ3n) is 4.12. The molecule has 0 bridgehead atoms. The number of Topliss-reactive ketones (excluding diaryl/α,β-unsaturated/α-hetero) is 2. The number of benzene rings is 2. The maximum absolute atomic E-state index is 12.8. The van der Waals surface area contributed by atoms with Crippen molar-refractivity contribution >= 4 is 23.5 Å². The second-order valence-electron chi connectivity index (χ2n) is 6.53. The van der Waals surface area contributed by atoms with Gasteiger partial charge in [0.25, 0.3) is 0 Å². The smallest absolute Gasteiger partial charge is 0.344 e. The van der Waals surface area contributed by atoms with Gasteiger partial charge < -0.3 is 14.2 Å². The van der Waals surface area contributed by atoms with Crippen LogP contribution in [0.4, 0.5) is 0 Å². The summed E-state index contributed by atoms with van der Waals surface area (Å²) in [6, 6.07) is 15.0. The van der Waals surface area contributed by atoms with Crippen molar-refractivity contribution in [1.82, 2.24) is 0 Å². The first-order valence-corrected chi connectivity index (χ1v) is 9.53. The molecule has 0 heterocycles. The Labute approximate surface area is 174 Å². The van der Waals surface area contributed by atoms with Gasteiger partial charge in [0.2, 0.25) is 0 Å². The van der Waals surface area contributed by atoms with Crippen molar-refractivity contribution in [2.24, 2.45) is 5.92 Å². The number of hydrogen-bond acceptors (Lipinski definition) is 7. The Morgan fingerprint density at radius 2 is 1.57 bits per heavy atom. The second kappa shape index (κ2) is 11.5. The van der Waals surface area contributed by atoms with Crippen LogP contribution in [-0.4, -0.2) is 36.7 Å². The fourth-order valence-corrected chi connectivity index (χ4v) is 2.66. The van der Waals surface area contributed by atoms with Gasteiger partial charge in [-0.15, -0.1) is 0 Å². The quantitative estimate of drug-likeness (QED) is 0.318. The molecule has 1 atom stereocenters. The van der Waals surface area contributed by atoms with Crippen LogP contribution in [-0.2, 0) is 30.5 Å². The maximum atomic E-state index is 12.8. The second-order valence-corrected chi connectivity index (χ2v) is 6.53. The fraction of sp³-hybridized carbons (Fsp3) is 0.304. The number of ketones is 2. The first-order chi connectivity index (χ1) is 14.4. The minimum absolute atomic E-state index is 0.0159. The van der Waals surface area contributed by atoms with E-state index in [1.807, 2.05) is 18.2 Å². The lowest BCUT2D eigenvalue weighted by Crippen LogP contribution is -2.28. The molecule has 0 fully saturated rings. The minimum Gasteiger partial charge on any atom is -0.482 e. The number of rotatable bonds is 11. The summed E-state index contributed by atoms with van der Waals surface area (Å²) >= 11 is 0. The first kappa shape index (κ1) is 22.8. The molecular formula is C23H24O7. The van der Waals surface area contributed by atoms with Gasteiger partial charge in [-0.3, -0.25) is 14.4 Å². The third kappa shape index (κ3) is 7.16. The SMILES string of the molecule is CCOC(=O)COc1ccc(C(=O)C(CC(C)=O)C(=O)OCc2ccccc2)cc1. The molecule has 0 N–H and O–H groups in total. The van der Waals surface area contributed by atoms with Crippen molar-refractivity contribution < 1.29 is 33.4 Å². The number of carbonyl (C=O) groups is 4. The highest BCUT2D eigenvalue weighted by Gasteiger charge is 2.30. The van der Waals surface area contributed by atoms with Crippen LogP contribution >= 0.6 is 0 Å². The summed E-state index contributed by atoms with van der Waals surface area (Å²) < 4.78 is 15.3. The molecule has 158 valence electrons. The Balaban J connectivity index is 2.03. The molecule has 7 heteroatoms. The van der Waals surface area contributed by atoms with Gasteiger partial charge in [-0.05, 0) is 43.7 Å². The summed E-state index contributed by atoms with van der Waals surface area (Å²) in [5.41, 5.74) is 1.02. The Bertz CT molecular complexity index is 872. The highest BCUT2D eigenvalue weighted by molar-refractivity contribution is 6.10. The van der Waals surface area contributed by atoms with Crippen molar-refractivity contribution in [1.29, 1.82) is 0 Å². The van der Waals surface area contributed by atoms with Crippen LogP contribution in [0.3, 0.4) is 0 Å². The Morgan fingerprint density at radius 3 is 2.17 bits per heavy atom. The van der Waals surface area contributed by atoms with Crippen molar-refractivity contribution in [3.63, 3.8) is 0 Å². The third-order valence-corrected chi connectivity index (χ3v) is 4.12. The zero-order valence-electron chi connectivity index (χ0n) is 17.0. The molecule has 2 aromatic carbocycles. The Kier molecular flexibility index (Phi) is 8.75. The van der Waals surface area contributed by atoms with Gasteiger partial charge in [-0.1, -0.05) is 30.3 Å². The summed E-state index contributed by atoms with van der Waals surface area (Å²) in [5, 5.41) is 0. The molecule has 0 spiro atoms. The molecule has 0 aliphatic heterocycles. The van der Waals surface area contributed by atoms with Crippen LogP contribution in [0.5, 0.6) is 5.75 Å². The highest BCUT2D eigenvalue weighted by atomic mass is 16.6. The molecule has 30 heavy (non-hydrogen) atoms. The zero-order valence-corrected chi connectivity index (χ0v) is 17.0. The Morgan fingerprint density at radius 1 is 0.900 bits per heavy atom. The lowest BCUT2D eigenvalue weighted by Gasteiger charge is -2.14. The zero-order chi connectivity index (χ0) is 21.9. The van der Waals surface area contributed by atoms with E-state index in [4.69, 9.17) is 14.2 Å². The average Bonchev–Trinajstić information content (AvgIpc) is 2.75. The molecule has 0 radical (unpaired) electrons. The van der Waals surface area contributed by atoms with E-state index < -0.39 is 23.6 Å². The summed E-state index contributed by atoms with van der Waals surface area (Å²) in [6.07, 6.45) is -0.242. The van der Waals surface area contributed by atoms with Gasteiger partial charge in [0.1, 0.15) is 24.1 Å². The van der Waals surface area contributed by atoms with Gasteiger partial charge in [-0.2, -0.15) is 0 Å². The summed E-state index contributed by atoms with van der Waals surface area (Å²) in [5.74, 6) is -2.91. The van der Waals surface area contributed by atoms with Gasteiger partial charge in [-0.25, -0.2) is 4.79 Å². The van der Waals surface area contributed by atoms with E-state index in [0.29, 0.717) is 5.75 Å². The van der Waals surface area contributed by atoms with Crippen LogP contribution in [0.25, 0.3) is 0 Å². The van der Waals surface area contributed by atoms with E-state index in [0.717, 1.165) is 5.56 Å². The van der Waals surface area contributed by atoms with Gasteiger partial charge in [0.05, 0.1) is 6.61 Å². The highest BCUT2D eigenvalue weighted by Crippen LogP contribution is 2.19. The average molecular weight is 412 g/mol. The van der Waals surface area contributed by atoms with Crippen LogP contribution in [0.2, 0.25) is 0 Å². The van der Waals surface area contributed by atoms with Crippen molar-refractivity contribution in [3.05, 3.63) is 65.7 Å². The van der Waals surface area contributed by atoms with Crippen LogP contribution in [0.15, 0.2) is 54.6 Å². The molecule has 0 aromatic heterocycles. The van der Waals surface area contributed by atoms with Gasteiger partial charge >= 0.3 is 11.9 Å². The topological polar surface area (TPSA) is 96.0 Å². The van der Waals surface area contributed by atoms with Crippen molar-refractivity contribution in [2.45, 2.75) is 26.9 Å². The summed E-state index contributed by atoms with van der Waals surface area (Å²) in [4.78, 5) is 48.3. The lowest BCUT2D eigenvalue weighted by atomic mass is 9.93. The van der Waals surface area contributed by atoms with Gasteiger partial charge in [0.15, 0.2) is 12.4 Å². The molecule has 0 amide bonds. The van der Waals surface area contributed by atoms with Crippen LogP contribution in [0, 0.1) is 5.92 Å². The van der Waals surface area contributed by atoms with E-state index in [-0.39, 0.29) is 37.6 Å². The van der Waals surface area contributed by atoms with E-state index in [1.165, 1.54) is 31.2 Å². The summed E-state index contributed by atoms with van der Waals surface area (Å²) in [7, 11) is 0. The monoisotopic (exact) mass is 412 g/mol. The fourth-order valence-electron chi connectivity index (χ4n) is 2.66. The van der Waals surface area contributed by atoms with Gasteiger partial charge in [0, 0.05) is 12.0 Å². The molecule has 1 unspecified atom stereocenters. The standard InChI is InChI=1S/C23H24O7/c1-3-28-21(25)15-29-19-11-9-18(10-12-19)22(26)20(13-16(2)24)23(27)30-14-17-7-5-4-6-8-17/h4-12,20H,3,13-15H2,1-2H3. The van der Waals surface area contributed by atoms with Crippen LogP contribution in [0.1, 0.15) is 36.2 Å². The number of carbonyl (C=O) groups excluding carboxylic acids is 4. The maximum Gasteiger partial charge on any atom is 0.344 e. The van der Waals surface area contributed by atoms with E-state index in [2.05, 4.69) is 0 Å². The first-order valence-electron chi connectivity index (χ1n) is 9.53. The summed E-state index contributed by atoms with van der Waals surface area (Å²) in [6.45, 7) is 3.03. The minimum atomic E-state index is -1.22. The molecule has 0 aliphatic rings. The molecule has 2 rings (SSSR count). The molecule has 0 saturated carbocycles.